The van der Waals surface area contributed by atoms with Crippen LogP contribution in [0.5, 0.6) is 0 Å². The smallest absolute Gasteiger partial charge is 0.200 e. The van der Waals surface area contributed by atoms with E-state index in [2.05, 4.69) is 4.98 Å². The van der Waals surface area contributed by atoms with E-state index in [0.29, 0.717) is 11.1 Å². The predicted molar refractivity (Wildman–Crippen MR) is 71.7 cm³/mol. The fraction of sp³-hybridized carbons (Fsp3) is 0.0625. The van der Waals surface area contributed by atoms with Gasteiger partial charge in [-0.3, -0.25) is 0 Å². The molecular weight excluding hydrogens is 301 g/mol. The number of halogens is 5. The maximum absolute atomic E-state index is 13.9. The third-order valence-corrected chi connectivity index (χ3v) is 3.39. The molecule has 0 radical (unpaired) electrons. The number of hydrogen-bond donors (Lipinski definition) is 0. The van der Waals surface area contributed by atoms with Crippen LogP contribution in [0.15, 0.2) is 30.3 Å². The molecule has 0 saturated heterocycles. The van der Waals surface area contributed by atoms with Gasteiger partial charge < -0.3 is 0 Å². The molecular formula is C16H8F5N. The monoisotopic (exact) mass is 309 g/mol. The summed E-state index contributed by atoms with van der Waals surface area (Å²) in [6.07, 6.45) is 0. The topological polar surface area (TPSA) is 12.9 Å². The third kappa shape index (κ3) is 2.03. The van der Waals surface area contributed by atoms with E-state index in [1.165, 1.54) is 6.07 Å². The van der Waals surface area contributed by atoms with Crippen LogP contribution in [0.4, 0.5) is 22.0 Å². The highest BCUT2D eigenvalue weighted by molar-refractivity contribution is 5.85. The number of hydrogen-bond acceptors (Lipinski definition) is 1. The van der Waals surface area contributed by atoms with Crippen LogP contribution in [0.1, 0.15) is 5.56 Å². The van der Waals surface area contributed by atoms with Gasteiger partial charge in [0.1, 0.15) is 0 Å². The summed E-state index contributed by atoms with van der Waals surface area (Å²) in [5, 5.41) is 0.732. The van der Waals surface area contributed by atoms with Crippen molar-refractivity contribution in [2.75, 3.05) is 0 Å². The normalized spacial score (nSPS) is 11.2. The van der Waals surface area contributed by atoms with Gasteiger partial charge in [0.2, 0.25) is 5.82 Å². The Balaban J connectivity index is 2.38. The molecule has 2 aromatic carbocycles. The van der Waals surface area contributed by atoms with Gasteiger partial charge in [0, 0.05) is 5.39 Å². The molecule has 112 valence electrons. The molecule has 22 heavy (non-hydrogen) atoms. The van der Waals surface area contributed by atoms with Gasteiger partial charge in [-0.05, 0) is 24.6 Å². The van der Waals surface area contributed by atoms with Crippen molar-refractivity contribution in [3.05, 3.63) is 65.0 Å². The molecule has 0 spiro atoms. The van der Waals surface area contributed by atoms with E-state index < -0.39 is 34.6 Å². The molecule has 0 N–H and O–H groups in total. The number of para-hydroxylation sites is 1. The number of pyridine rings is 1. The number of aromatic nitrogens is 1. The Hall–Kier alpha value is -2.50. The second-order valence-corrected chi connectivity index (χ2v) is 4.79. The Kier molecular flexibility index (Phi) is 3.31. The van der Waals surface area contributed by atoms with Crippen LogP contribution in [0.2, 0.25) is 0 Å². The predicted octanol–water partition coefficient (Wildman–Crippen LogP) is 4.91. The lowest BCUT2D eigenvalue weighted by atomic mass is 10.0. The van der Waals surface area contributed by atoms with Crippen molar-refractivity contribution in [1.82, 2.24) is 4.98 Å². The fourth-order valence-corrected chi connectivity index (χ4v) is 2.31. The van der Waals surface area contributed by atoms with E-state index in [4.69, 9.17) is 0 Å². The molecule has 0 fully saturated rings. The lowest BCUT2D eigenvalue weighted by molar-refractivity contribution is 0.381. The molecule has 6 heteroatoms. The first-order valence-electron chi connectivity index (χ1n) is 6.30. The van der Waals surface area contributed by atoms with Crippen molar-refractivity contribution in [2.45, 2.75) is 6.92 Å². The SMILES string of the molecule is Cc1cc(-c2c(F)c(F)c(F)c(F)c2F)nc2ccccc12. The van der Waals surface area contributed by atoms with E-state index >= 15 is 0 Å². The van der Waals surface area contributed by atoms with E-state index in [9.17, 15) is 22.0 Å². The van der Waals surface area contributed by atoms with E-state index in [1.807, 2.05) is 0 Å². The number of fused-ring (bicyclic) bond motifs is 1. The zero-order valence-electron chi connectivity index (χ0n) is 11.2. The summed E-state index contributed by atoms with van der Waals surface area (Å²) < 4.78 is 67.4. The maximum atomic E-state index is 13.9. The van der Waals surface area contributed by atoms with Gasteiger partial charge in [-0.15, -0.1) is 0 Å². The Labute approximate surface area is 122 Å². The molecule has 0 aliphatic carbocycles. The van der Waals surface area contributed by atoms with Crippen LogP contribution in [-0.2, 0) is 0 Å². The zero-order chi connectivity index (χ0) is 16.0. The maximum Gasteiger partial charge on any atom is 0.200 e. The second kappa shape index (κ2) is 5.05. The minimum absolute atomic E-state index is 0.302. The second-order valence-electron chi connectivity index (χ2n) is 4.79. The zero-order valence-corrected chi connectivity index (χ0v) is 11.2. The number of benzene rings is 2. The van der Waals surface area contributed by atoms with Crippen LogP contribution >= 0.6 is 0 Å². The third-order valence-electron chi connectivity index (χ3n) is 3.39. The largest absolute Gasteiger partial charge is 0.248 e. The summed E-state index contributed by atoms with van der Waals surface area (Å²) in [5.74, 6) is -9.93. The number of rotatable bonds is 1. The van der Waals surface area contributed by atoms with Gasteiger partial charge in [0.15, 0.2) is 23.3 Å². The van der Waals surface area contributed by atoms with E-state index in [1.54, 1.807) is 31.2 Å². The highest BCUT2D eigenvalue weighted by atomic mass is 19.2. The first-order valence-corrected chi connectivity index (χ1v) is 6.30. The van der Waals surface area contributed by atoms with Gasteiger partial charge >= 0.3 is 0 Å². The Morgan fingerprint density at radius 1 is 0.773 bits per heavy atom. The summed E-state index contributed by atoms with van der Waals surface area (Å²) in [4.78, 5) is 4.00. The summed E-state index contributed by atoms with van der Waals surface area (Å²) in [6.45, 7) is 1.67. The highest BCUT2D eigenvalue weighted by Gasteiger charge is 2.27. The molecule has 0 atom stereocenters. The van der Waals surface area contributed by atoms with Crippen molar-refractivity contribution in [2.24, 2.45) is 0 Å². The van der Waals surface area contributed by atoms with Gasteiger partial charge in [-0.2, -0.15) is 0 Å². The molecule has 0 aliphatic rings. The molecule has 1 heterocycles. The number of nitrogens with zero attached hydrogens (tertiary/aromatic N) is 1. The molecule has 1 aromatic heterocycles. The molecule has 0 saturated carbocycles. The quantitative estimate of drug-likeness (QED) is 0.354. The van der Waals surface area contributed by atoms with E-state index in [0.717, 1.165) is 5.39 Å². The lowest BCUT2D eigenvalue weighted by Crippen LogP contribution is -2.05. The summed E-state index contributed by atoms with van der Waals surface area (Å²) in [6, 6.07) is 8.06. The Bertz CT molecular complexity index is 876. The first-order chi connectivity index (χ1) is 10.4. The fourth-order valence-electron chi connectivity index (χ4n) is 2.31. The molecule has 0 bridgehead atoms. The van der Waals surface area contributed by atoms with E-state index in [-0.39, 0.29) is 5.69 Å². The van der Waals surface area contributed by atoms with Crippen molar-refractivity contribution < 1.29 is 22.0 Å². The molecule has 0 amide bonds. The molecule has 3 rings (SSSR count). The van der Waals surface area contributed by atoms with Gasteiger partial charge in [-0.1, -0.05) is 18.2 Å². The average molecular weight is 309 g/mol. The van der Waals surface area contributed by atoms with Crippen LogP contribution in [0, 0.1) is 36.0 Å². The molecule has 3 aromatic rings. The minimum Gasteiger partial charge on any atom is -0.248 e. The molecule has 0 aliphatic heterocycles. The van der Waals surface area contributed by atoms with Crippen molar-refractivity contribution in [3.63, 3.8) is 0 Å². The first kappa shape index (κ1) is 14.4. The summed E-state index contributed by atoms with van der Waals surface area (Å²) in [5.41, 5.74) is -0.305. The Morgan fingerprint density at radius 3 is 1.95 bits per heavy atom. The highest BCUT2D eigenvalue weighted by Crippen LogP contribution is 2.32. The standard InChI is InChI=1S/C16H8F5N/c1-7-6-10(22-9-5-3-2-4-8(7)9)11-12(17)14(19)16(21)15(20)13(11)18/h2-6H,1H3. The summed E-state index contributed by atoms with van der Waals surface area (Å²) >= 11 is 0. The lowest BCUT2D eigenvalue weighted by Gasteiger charge is -2.10. The van der Waals surface area contributed by atoms with Crippen LogP contribution in [0.25, 0.3) is 22.2 Å². The van der Waals surface area contributed by atoms with Crippen molar-refractivity contribution in [3.8, 4) is 11.3 Å². The summed E-state index contributed by atoms with van der Waals surface area (Å²) in [7, 11) is 0. The van der Waals surface area contributed by atoms with Gasteiger partial charge in [-0.25, -0.2) is 26.9 Å². The number of aryl methyl sites for hydroxylation is 1. The minimum atomic E-state index is -2.18. The molecule has 0 unspecified atom stereocenters. The average Bonchev–Trinajstić information content (AvgIpc) is 2.51. The van der Waals surface area contributed by atoms with Crippen LogP contribution < -0.4 is 0 Å². The van der Waals surface area contributed by atoms with Crippen LogP contribution in [0.3, 0.4) is 0 Å². The van der Waals surface area contributed by atoms with Gasteiger partial charge in [0.05, 0.1) is 16.8 Å². The van der Waals surface area contributed by atoms with Crippen molar-refractivity contribution in [1.29, 1.82) is 0 Å². The van der Waals surface area contributed by atoms with Crippen molar-refractivity contribution >= 4 is 10.9 Å². The van der Waals surface area contributed by atoms with Crippen LogP contribution in [-0.4, -0.2) is 4.98 Å². The Morgan fingerprint density at radius 2 is 1.32 bits per heavy atom. The van der Waals surface area contributed by atoms with Gasteiger partial charge in [0.25, 0.3) is 0 Å². The molecule has 1 nitrogen and oxygen atoms in total.